The number of rotatable bonds is 7. The zero-order valence-electron chi connectivity index (χ0n) is 16.3. The van der Waals surface area contributed by atoms with Crippen LogP contribution >= 0.6 is 11.6 Å². The minimum atomic E-state index is -0.220. The third-order valence-electron chi connectivity index (χ3n) is 5.01. The van der Waals surface area contributed by atoms with Gasteiger partial charge < -0.3 is 15.4 Å². The minimum absolute atomic E-state index is 0.0353. The predicted molar refractivity (Wildman–Crippen MR) is 115 cm³/mol. The number of ether oxygens (including phenoxy) is 1. The highest BCUT2D eigenvalue weighted by molar-refractivity contribution is 6.31. The Kier molecular flexibility index (Phi) is 5.72. The first-order chi connectivity index (χ1) is 14.5. The summed E-state index contributed by atoms with van der Waals surface area (Å²) >= 11 is 6.23. The molecule has 0 radical (unpaired) electrons. The predicted octanol–water partition coefficient (Wildman–Crippen LogP) is 3.93. The quantitative estimate of drug-likeness (QED) is 0.601. The molecule has 1 saturated carbocycles. The Hall–Kier alpha value is -3.32. The molecule has 154 valence electrons. The monoisotopic (exact) mass is 424 g/mol. The van der Waals surface area contributed by atoms with Gasteiger partial charge in [-0.05, 0) is 48.2 Å². The molecule has 0 spiro atoms. The first kappa shape index (κ1) is 20.0. The second-order valence-corrected chi connectivity index (χ2v) is 7.57. The van der Waals surface area contributed by atoms with Gasteiger partial charge >= 0.3 is 0 Å². The second-order valence-electron chi connectivity index (χ2n) is 7.16. The number of hydrogen-bond acceptors (Lipinski definition) is 4. The van der Waals surface area contributed by atoms with Crippen molar-refractivity contribution in [1.29, 1.82) is 0 Å². The van der Waals surface area contributed by atoms with Gasteiger partial charge in [-0.2, -0.15) is 5.10 Å². The molecule has 7 nitrogen and oxygen atoms in total. The van der Waals surface area contributed by atoms with Gasteiger partial charge in [0.25, 0.3) is 0 Å². The molecule has 8 heteroatoms. The van der Waals surface area contributed by atoms with E-state index in [2.05, 4.69) is 15.7 Å². The summed E-state index contributed by atoms with van der Waals surface area (Å²) in [6, 6.07) is 14.7. The standard InChI is InChI=1S/C22H21ClN4O3/c1-30-16-8-6-14(7-9-16)25-21(28)13-27-12-15(11-24-27)26-22(29)19-10-18(19)17-4-2-3-5-20(17)23/h2-9,11-12,18-19H,10,13H2,1H3,(H,25,28)(H,26,29). The minimum Gasteiger partial charge on any atom is -0.497 e. The smallest absolute Gasteiger partial charge is 0.246 e. The maximum atomic E-state index is 12.5. The molecular weight excluding hydrogens is 404 g/mol. The van der Waals surface area contributed by atoms with Crippen molar-refractivity contribution >= 4 is 34.8 Å². The van der Waals surface area contributed by atoms with Gasteiger partial charge in [0.05, 0.1) is 19.0 Å². The third-order valence-corrected chi connectivity index (χ3v) is 5.36. The van der Waals surface area contributed by atoms with Crippen molar-refractivity contribution in [2.75, 3.05) is 17.7 Å². The molecule has 0 aliphatic heterocycles. The summed E-state index contributed by atoms with van der Waals surface area (Å²) in [6.45, 7) is 0.0353. The number of carbonyl (C=O) groups is 2. The van der Waals surface area contributed by atoms with E-state index in [1.807, 2.05) is 24.3 Å². The van der Waals surface area contributed by atoms with Gasteiger partial charge in [-0.1, -0.05) is 29.8 Å². The van der Waals surface area contributed by atoms with Crippen LogP contribution < -0.4 is 15.4 Å². The lowest BCUT2D eigenvalue weighted by Crippen LogP contribution is -2.19. The molecular formula is C22H21ClN4O3. The molecule has 0 bridgehead atoms. The number of hydrogen-bond donors (Lipinski definition) is 2. The van der Waals surface area contributed by atoms with Crippen LogP contribution in [0, 0.1) is 5.92 Å². The average molecular weight is 425 g/mol. The molecule has 2 aromatic carbocycles. The summed E-state index contributed by atoms with van der Waals surface area (Å²) in [7, 11) is 1.59. The van der Waals surface area contributed by atoms with Gasteiger partial charge in [-0.15, -0.1) is 0 Å². The number of halogens is 1. The van der Waals surface area contributed by atoms with Crippen LogP contribution in [0.3, 0.4) is 0 Å². The van der Waals surface area contributed by atoms with Crippen molar-refractivity contribution in [3.8, 4) is 5.75 Å². The number of aromatic nitrogens is 2. The van der Waals surface area contributed by atoms with Crippen LogP contribution in [0.5, 0.6) is 5.75 Å². The Morgan fingerprint density at radius 1 is 1.13 bits per heavy atom. The van der Waals surface area contributed by atoms with E-state index in [0.29, 0.717) is 22.1 Å². The molecule has 2 N–H and O–H groups in total. The lowest BCUT2D eigenvalue weighted by molar-refractivity contribution is -0.118. The van der Waals surface area contributed by atoms with Crippen LogP contribution in [0.2, 0.25) is 5.02 Å². The fraction of sp³-hybridized carbons (Fsp3) is 0.227. The first-order valence-electron chi connectivity index (χ1n) is 9.55. The molecule has 2 amide bonds. The Labute approximate surface area is 179 Å². The lowest BCUT2D eigenvalue weighted by atomic mass is 10.1. The van der Waals surface area contributed by atoms with Gasteiger partial charge in [-0.25, -0.2) is 0 Å². The van der Waals surface area contributed by atoms with E-state index in [1.165, 1.54) is 10.9 Å². The van der Waals surface area contributed by atoms with Gasteiger partial charge in [0.1, 0.15) is 12.3 Å². The molecule has 2 unspecified atom stereocenters. The molecule has 2 atom stereocenters. The van der Waals surface area contributed by atoms with E-state index in [0.717, 1.165) is 12.0 Å². The van der Waals surface area contributed by atoms with E-state index in [9.17, 15) is 9.59 Å². The van der Waals surface area contributed by atoms with E-state index < -0.39 is 0 Å². The van der Waals surface area contributed by atoms with Crippen LogP contribution in [-0.2, 0) is 16.1 Å². The topological polar surface area (TPSA) is 85.2 Å². The summed E-state index contributed by atoms with van der Waals surface area (Å²) in [5.74, 6) is 0.466. The van der Waals surface area contributed by atoms with Gasteiger partial charge in [0.2, 0.25) is 11.8 Å². The van der Waals surface area contributed by atoms with Gasteiger partial charge in [0.15, 0.2) is 0 Å². The number of benzene rings is 2. The van der Waals surface area contributed by atoms with Crippen molar-refractivity contribution in [3.05, 3.63) is 71.5 Å². The van der Waals surface area contributed by atoms with E-state index in [1.54, 1.807) is 37.6 Å². The number of carbonyl (C=O) groups excluding carboxylic acids is 2. The maximum absolute atomic E-state index is 12.5. The lowest BCUT2D eigenvalue weighted by Gasteiger charge is -2.06. The molecule has 1 aliphatic carbocycles. The Morgan fingerprint density at radius 3 is 2.63 bits per heavy atom. The number of nitrogens with one attached hydrogen (secondary N) is 2. The summed E-state index contributed by atoms with van der Waals surface area (Å²) in [6.07, 6.45) is 3.94. The maximum Gasteiger partial charge on any atom is 0.246 e. The van der Waals surface area contributed by atoms with E-state index >= 15 is 0 Å². The highest BCUT2D eigenvalue weighted by Gasteiger charge is 2.44. The molecule has 1 heterocycles. The largest absolute Gasteiger partial charge is 0.497 e. The molecule has 4 rings (SSSR count). The number of anilines is 2. The fourth-order valence-electron chi connectivity index (χ4n) is 3.38. The Bertz CT molecular complexity index is 1060. The van der Waals surface area contributed by atoms with E-state index in [4.69, 9.17) is 16.3 Å². The van der Waals surface area contributed by atoms with Crippen molar-refractivity contribution < 1.29 is 14.3 Å². The molecule has 3 aromatic rings. The number of nitrogens with zero attached hydrogens (tertiary/aromatic N) is 2. The van der Waals surface area contributed by atoms with Crippen LogP contribution in [0.4, 0.5) is 11.4 Å². The molecule has 0 saturated heterocycles. The van der Waals surface area contributed by atoms with Crippen molar-refractivity contribution in [2.24, 2.45) is 5.92 Å². The van der Waals surface area contributed by atoms with Crippen LogP contribution in [0.15, 0.2) is 60.9 Å². The Balaban J connectivity index is 1.29. The average Bonchev–Trinajstić information content (AvgIpc) is 3.42. The molecule has 1 aliphatic rings. The SMILES string of the molecule is COc1ccc(NC(=O)Cn2cc(NC(=O)C3CC3c3ccccc3Cl)cn2)cc1. The van der Waals surface area contributed by atoms with Crippen molar-refractivity contribution in [3.63, 3.8) is 0 Å². The molecule has 30 heavy (non-hydrogen) atoms. The van der Waals surface area contributed by atoms with Crippen molar-refractivity contribution in [1.82, 2.24) is 9.78 Å². The summed E-state index contributed by atoms with van der Waals surface area (Å²) in [5, 5.41) is 10.5. The summed E-state index contributed by atoms with van der Waals surface area (Å²) in [4.78, 5) is 24.7. The molecule has 1 aromatic heterocycles. The number of methoxy groups -OCH3 is 1. The van der Waals surface area contributed by atoms with Gasteiger partial charge in [-0.3, -0.25) is 14.3 Å². The zero-order valence-corrected chi connectivity index (χ0v) is 17.1. The molecule has 1 fully saturated rings. The van der Waals surface area contributed by atoms with Crippen LogP contribution in [-0.4, -0.2) is 28.7 Å². The number of amides is 2. The Morgan fingerprint density at radius 2 is 1.90 bits per heavy atom. The second kappa shape index (κ2) is 8.59. The van der Waals surface area contributed by atoms with Crippen LogP contribution in [0.1, 0.15) is 17.9 Å². The van der Waals surface area contributed by atoms with Crippen molar-refractivity contribution in [2.45, 2.75) is 18.9 Å². The van der Waals surface area contributed by atoms with Crippen LogP contribution in [0.25, 0.3) is 0 Å². The summed E-state index contributed by atoms with van der Waals surface area (Å²) < 4.78 is 6.57. The summed E-state index contributed by atoms with van der Waals surface area (Å²) in [5.41, 5.74) is 2.23. The highest BCUT2D eigenvalue weighted by atomic mass is 35.5. The fourth-order valence-corrected chi connectivity index (χ4v) is 3.65. The highest BCUT2D eigenvalue weighted by Crippen LogP contribution is 2.49. The zero-order chi connectivity index (χ0) is 21.1. The first-order valence-corrected chi connectivity index (χ1v) is 9.93. The van der Waals surface area contributed by atoms with Gasteiger partial charge in [0, 0.05) is 22.8 Å². The van der Waals surface area contributed by atoms with E-state index in [-0.39, 0.29) is 30.2 Å². The normalized spacial score (nSPS) is 17.3. The third kappa shape index (κ3) is 4.63.